The number of hydrogen-bond donors (Lipinski definition) is 2. The largest absolute Gasteiger partial charge is 0.321 e. The zero-order valence-electron chi connectivity index (χ0n) is 39.5. The Morgan fingerprint density at radius 1 is 0.365 bits per heavy atom. The van der Waals surface area contributed by atoms with E-state index in [-0.39, 0.29) is 11.8 Å². The van der Waals surface area contributed by atoms with Gasteiger partial charge in [-0.1, -0.05) is 216 Å². The third kappa shape index (κ3) is 14.1. The summed E-state index contributed by atoms with van der Waals surface area (Å²) in [5, 5.41) is 6.79. The Morgan fingerprint density at radius 3 is 0.889 bits per heavy atom. The standard InChI is InChI=1S/C19H22ClN.2C19H23NO/c1-13(2)16-11-8-12-17(14(3)4)18(16)21-19(20)15-9-6-5-7-10-15;2*1-13(2)16-11-8-12-17(14(3)4)18(16)20-19(21)15-9-6-5-7-10-15/h5-14H,1-4H3;2*5-14H,1-4H3,(H,20,21). The molecule has 0 atom stereocenters. The molecule has 0 bridgehead atoms. The minimum absolute atomic E-state index is 0.0504. The van der Waals surface area contributed by atoms with Gasteiger partial charge in [0.2, 0.25) is 0 Å². The molecule has 6 rings (SSSR count). The van der Waals surface area contributed by atoms with E-state index in [0.29, 0.717) is 51.8 Å². The van der Waals surface area contributed by atoms with Gasteiger partial charge in [0.25, 0.3) is 11.8 Å². The van der Waals surface area contributed by atoms with E-state index < -0.39 is 0 Å². The number of nitrogens with one attached hydrogen (secondary N) is 2. The second kappa shape index (κ2) is 24.2. The molecule has 0 saturated carbocycles. The van der Waals surface area contributed by atoms with Crippen molar-refractivity contribution >= 4 is 45.6 Å². The predicted octanol–water partition coefficient (Wildman–Crippen LogP) is 16.6. The summed E-state index contributed by atoms with van der Waals surface area (Å²) in [4.78, 5) is 29.7. The number of nitrogens with zero attached hydrogens (tertiary/aromatic N) is 1. The van der Waals surface area contributed by atoms with Crippen LogP contribution in [0.4, 0.5) is 17.1 Å². The summed E-state index contributed by atoms with van der Waals surface area (Å²) in [5.74, 6) is 2.22. The number of anilines is 2. The molecule has 330 valence electrons. The van der Waals surface area contributed by atoms with Crippen LogP contribution in [0.5, 0.6) is 0 Å². The van der Waals surface area contributed by atoms with E-state index in [9.17, 15) is 9.59 Å². The lowest BCUT2D eigenvalue weighted by Gasteiger charge is -2.20. The first kappa shape index (κ1) is 49.9. The van der Waals surface area contributed by atoms with E-state index in [1.165, 1.54) is 33.4 Å². The van der Waals surface area contributed by atoms with Gasteiger partial charge >= 0.3 is 0 Å². The molecule has 0 saturated heterocycles. The highest BCUT2D eigenvalue weighted by Crippen LogP contribution is 2.36. The molecule has 6 heteroatoms. The number of benzene rings is 6. The molecule has 0 aliphatic rings. The second-order valence-corrected chi connectivity index (χ2v) is 18.1. The van der Waals surface area contributed by atoms with Crippen molar-refractivity contribution in [3.05, 3.63) is 196 Å². The summed E-state index contributed by atoms with van der Waals surface area (Å²) >= 11 is 6.44. The molecule has 2 amide bonds. The van der Waals surface area contributed by atoms with Crippen LogP contribution in [0, 0.1) is 0 Å². The van der Waals surface area contributed by atoms with E-state index in [0.717, 1.165) is 22.6 Å². The first-order valence-corrected chi connectivity index (χ1v) is 22.8. The molecule has 0 aliphatic heterocycles. The van der Waals surface area contributed by atoms with Crippen LogP contribution in [-0.2, 0) is 0 Å². The number of halogens is 1. The average molecular weight is 863 g/mol. The van der Waals surface area contributed by atoms with Crippen molar-refractivity contribution in [2.75, 3.05) is 10.6 Å². The van der Waals surface area contributed by atoms with Crippen molar-refractivity contribution in [1.29, 1.82) is 0 Å². The number of amides is 2. The fourth-order valence-electron chi connectivity index (χ4n) is 7.32. The average Bonchev–Trinajstić information content (AvgIpc) is 3.27. The molecule has 63 heavy (non-hydrogen) atoms. The van der Waals surface area contributed by atoms with Crippen molar-refractivity contribution in [2.45, 2.75) is 119 Å². The second-order valence-electron chi connectivity index (χ2n) is 17.7. The van der Waals surface area contributed by atoms with Gasteiger partial charge in [0, 0.05) is 28.1 Å². The number of hydrogen-bond acceptors (Lipinski definition) is 3. The van der Waals surface area contributed by atoms with Crippen molar-refractivity contribution < 1.29 is 9.59 Å². The zero-order valence-corrected chi connectivity index (χ0v) is 40.2. The maximum absolute atomic E-state index is 12.5. The number of aliphatic imine (C=N–C) groups is 1. The monoisotopic (exact) mass is 862 g/mol. The molecule has 0 aliphatic carbocycles. The van der Waals surface area contributed by atoms with Gasteiger partial charge in [-0.15, -0.1) is 0 Å². The van der Waals surface area contributed by atoms with Crippen LogP contribution in [0.1, 0.15) is 178 Å². The first-order valence-electron chi connectivity index (χ1n) is 22.4. The third-order valence-electron chi connectivity index (χ3n) is 10.9. The molecular weight excluding hydrogens is 794 g/mol. The SMILES string of the molecule is CC(C)c1cccc(C(C)C)c1N=C(Cl)c1ccccc1.CC(C)c1cccc(C(C)C)c1NC(=O)c1ccccc1.CC(C)c1cccc(C(C)C)c1NC(=O)c1ccccc1. The molecule has 6 aromatic carbocycles. The van der Waals surface area contributed by atoms with Crippen molar-refractivity contribution in [2.24, 2.45) is 4.99 Å². The Balaban J connectivity index is 0.000000207. The minimum atomic E-state index is -0.0504. The van der Waals surface area contributed by atoms with E-state index >= 15 is 0 Å². The van der Waals surface area contributed by atoms with E-state index in [1.807, 2.05) is 91.0 Å². The van der Waals surface area contributed by atoms with Crippen LogP contribution < -0.4 is 10.6 Å². The maximum atomic E-state index is 12.5. The quantitative estimate of drug-likeness (QED) is 0.120. The first-order chi connectivity index (χ1) is 30.0. The normalized spacial score (nSPS) is 11.4. The molecule has 2 N–H and O–H groups in total. The Labute approximate surface area is 383 Å². The summed E-state index contributed by atoms with van der Waals surface area (Å²) in [6.07, 6.45) is 0. The van der Waals surface area contributed by atoms with Crippen LogP contribution in [0.2, 0.25) is 0 Å². The highest BCUT2D eigenvalue weighted by Gasteiger charge is 2.19. The van der Waals surface area contributed by atoms with Crippen LogP contribution in [0.15, 0.2) is 151 Å². The lowest BCUT2D eigenvalue weighted by atomic mass is 9.92. The number of carbonyl (C=O) groups is 2. The maximum Gasteiger partial charge on any atom is 0.255 e. The van der Waals surface area contributed by atoms with Gasteiger partial charge < -0.3 is 10.6 Å². The fourth-order valence-corrected chi connectivity index (χ4v) is 7.53. The molecule has 5 nitrogen and oxygen atoms in total. The van der Waals surface area contributed by atoms with E-state index in [2.05, 4.69) is 148 Å². The van der Waals surface area contributed by atoms with Gasteiger partial charge in [-0.2, -0.15) is 0 Å². The molecule has 6 aromatic rings. The number of rotatable bonds is 12. The summed E-state index contributed by atoms with van der Waals surface area (Å²) < 4.78 is 0. The lowest BCUT2D eigenvalue weighted by molar-refractivity contribution is 0.101. The molecule has 0 spiro atoms. The van der Waals surface area contributed by atoms with E-state index in [4.69, 9.17) is 16.6 Å². The zero-order chi connectivity index (χ0) is 46.2. The summed E-state index contributed by atoms with van der Waals surface area (Å²) in [6, 6.07) is 47.5. The molecule has 0 radical (unpaired) electrons. The molecular formula is C57H68ClN3O2. The Kier molecular flexibility index (Phi) is 19.1. The summed E-state index contributed by atoms with van der Waals surface area (Å²) in [7, 11) is 0. The molecule has 0 fully saturated rings. The summed E-state index contributed by atoms with van der Waals surface area (Å²) in [5.41, 5.74) is 12.5. The molecule has 0 heterocycles. The highest BCUT2D eigenvalue weighted by molar-refractivity contribution is 6.69. The van der Waals surface area contributed by atoms with Gasteiger partial charge in [-0.25, -0.2) is 4.99 Å². The van der Waals surface area contributed by atoms with Gasteiger partial charge in [0.05, 0.1) is 5.69 Å². The highest BCUT2D eigenvalue weighted by atomic mass is 35.5. The lowest BCUT2D eigenvalue weighted by Crippen LogP contribution is -2.15. The van der Waals surface area contributed by atoms with Gasteiger partial charge in [-0.3, -0.25) is 9.59 Å². The van der Waals surface area contributed by atoms with Crippen molar-refractivity contribution in [3.63, 3.8) is 0 Å². The van der Waals surface area contributed by atoms with Gasteiger partial charge in [0.1, 0.15) is 5.17 Å². The number of para-hydroxylation sites is 3. The van der Waals surface area contributed by atoms with Crippen LogP contribution in [0.3, 0.4) is 0 Å². The topological polar surface area (TPSA) is 70.6 Å². The van der Waals surface area contributed by atoms with Gasteiger partial charge in [0.15, 0.2) is 0 Å². The van der Waals surface area contributed by atoms with Crippen LogP contribution in [0.25, 0.3) is 0 Å². The van der Waals surface area contributed by atoms with Crippen molar-refractivity contribution in [1.82, 2.24) is 0 Å². The van der Waals surface area contributed by atoms with Crippen LogP contribution in [-0.4, -0.2) is 17.0 Å². The molecule has 0 aromatic heterocycles. The number of carbonyl (C=O) groups excluding carboxylic acids is 2. The smallest absolute Gasteiger partial charge is 0.255 e. The summed E-state index contributed by atoms with van der Waals surface area (Å²) in [6.45, 7) is 26.0. The molecule has 0 unspecified atom stereocenters. The minimum Gasteiger partial charge on any atom is -0.321 e. The predicted molar refractivity (Wildman–Crippen MR) is 271 cm³/mol. The van der Waals surface area contributed by atoms with Crippen LogP contribution >= 0.6 is 11.6 Å². The van der Waals surface area contributed by atoms with Crippen molar-refractivity contribution in [3.8, 4) is 0 Å². The van der Waals surface area contributed by atoms with Gasteiger partial charge in [-0.05, 0) is 93.2 Å². The Hall–Kier alpha value is -5.78. The Bertz CT molecular complexity index is 2210. The van der Waals surface area contributed by atoms with E-state index in [1.54, 1.807) is 0 Å². The Morgan fingerprint density at radius 2 is 0.619 bits per heavy atom. The third-order valence-corrected chi connectivity index (χ3v) is 11.2. The fraction of sp³-hybridized carbons (Fsp3) is 0.316.